The molecule has 0 radical (unpaired) electrons. The molecule has 1 aromatic carbocycles. The van der Waals surface area contributed by atoms with Crippen molar-refractivity contribution in [2.45, 2.75) is 0 Å². The Morgan fingerprint density at radius 2 is 1.50 bits per heavy atom. The van der Waals surface area contributed by atoms with Crippen LogP contribution in [-0.2, 0) is 0 Å². The molecular formula is C9H7F4NO2. The van der Waals surface area contributed by atoms with Gasteiger partial charge in [0.2, 0.25) is 11.6 Å². The lowest BCUT2D eigenvalue weighted by Crippen LogP contribution is -2.22. The Kier molecular flexibility index (Phi) is 3.36. The summed E-state index contributed by atoms with van der Waals surface area (Å²) in [5, 5.41) is 1.86. The van der Waals surface area contributed by atoms with Gasteiger partial charge in [-0.3, -0.25) is 4.79 Å². The first-order valence-corrected chi connectivity index (χ1v) is 4.07. The molecule has 0 unspecified atom stereocenters. The summed E-state index contributed by atoms with van der Waals surface area (Å²) in [7, 11) is 1.92. The lowest BCUT2D eigenvalue weighted by atomic mass is 10.1. The van der Waals surface area contributed by atoms with Crippen LogP contribution < -0.4 is 10.1 Å². The fourth-order valence-corrected chi connectivity index (χ4v) is 1.12. The van der Waals surface area contributed by atoms with E-state index in [0.717, 1.165) is 14.2 Å². The van der Waals surface area contributed by atoms with Crippen LogP contribution in [0.15, 0.2) is 0 Å². The Hall–Kier alpha value is -1.79. The van der Waals surface area contributed by atoms with Gasteiger partial charge in [-0.2, -0.15) is 8.78 Å². The molecule has 1 N–H and O–H groups in total. The molecule has 1 aromatic rings. The van der Waals surface area contributed by atoms with Gasteiger partial charge in [-0.15, -0.1) is 0 Å². The maximum atomic E-state index is 13.2. The van der Waals surface area contributed by atoms with Crippen molar-refractivity contribution in [3.63, 3.8) is 0 Å². The average Bonchev–Trinajstić information content (AvgIpc) is 2.27. The van der Waals surface area contributed by atoms with Crippen LogP contribution in [0, 0.1) is 23.3 Å². The highest BCUT2D eigenvalue weighted by Crippen LogP contribution is 2.29. The minimum Gasteiger partial charge on any atom is -0.491 e. The van der Waals surface area contributed by atoms with Crippen molar-refractivity contribution in [2.24, 2.45) is 0 Å². The smallest absolute Gasteiger partial charge is 0.257 e. The lowest BCUT2D eigenvalue weighted by Gasteiger charge is -2.09. The summed E-state index contributed by atoms with van der Waals surface area (Å²) in [5.74, 6) is -9.57. The number of rotatable bonds is 2. The van der Waals surface area contributed by atoms with E-state index in [1.54, 1.807) is 0 Å². The van der Waals surface area contributed by atoms with Gasteiger partial charge in [0.15, 0.2) is 17.4 Å². The van der Waals surface area contributed by atoms with E-state index in [-0.39, 0.29) is 0 Å². The van der Waals surface area contributed by atoms with Crippen molar-refractivity contribution in [1.29, 1.82) is 0 Å². The third kappa shape index (κ3) is 1.68. The van der Waals surface area contributed by atoms with Crippen LogP contribution in [0.1, 0.15) is 10.4 Å². The Balaban J connectivity index is 3.60. The first-order chi connectivity index (χ1) is 7.45. The predicted molar refractivity (Wildman–Crippen MR) is 46.2 cm³/mol. The summed E-state index contributed by atoms with van der Waals surface area (Å²) < 4.78 is 56.8. The molecule has 0 atom stereocenters. The largest absolute Gasteiger partial charge is 0.491 e. The SMILES string of the molecule is CNC(=O)c1c(F)c(F)c(OC)c(F)c1F. The van der Waals surface area contributed by atoms with Crippen LogP contribution >= 0.6 is 0 Å². The highest BCUT2D eigenvalue weighted by molar-refractivity contribution is 5.94. The second kappa shape index (κ2) is 4.38. The molecule has 0 aliphatic rings. The predicted octanol–water partition coefficient (Wildman–Crippen LogP) is 1.61. The minimum atomic E-state index is -1.80. The number of amides is 1. The number of carbonyl (C=O) groups is 1. The number of hydrogen-bond acceptors (Lipinski definition) is 2. The van der Waals surface area contributed by atoms with Crippen LogP contribution in [0.5, 0.6) is 5.75 Å². The van der Waals surface area contributed by atoms with E-state index < -0.39 is 40.5 Å². The zero-order valence-electron chi connectivity index (χ0n) is 8.33. The number of carbonyl (C=O) groups excluding carboxylic acids is 1. The molecule has 88 valence electrons. The van der Waals surface area contributed by atoms with E-state index >= 15 is 0 Å². The van der Waals surface area contributed by atoms with E-state index in [2.05, 4.69) is 4.74 Å². The number of hydrogen-bond donors (Lipinski definition) is 1. The van der Waals surface area contributed by atoms with Crippen molar-refractivity contribution in [3.05, 3.63) is 28.8 Å². The van der Waals surface area contributed by atoms with Gasteiger partial charge in [0.05, 0.1) is 7.11 Å². The highest BCUT2D eigenvalue weighted by Gasteiger charge is 2.29. The molecule has 0 aliphatic heterocycles. The molecule has 7 heteroatoms. The van der Waals surface area contributed by atoms with E-state index in [1.807, 2.05) is 5.32 Å². The number of ether oxygens (including phenoxy) is 1. The van der Waals surface area contributed by atoms with Crippen LogP contribution in [0.3, 0.4) is 0 Å². The molecule has 0 fully saturated rings. The van der Waals surface area contributed by atoms with Crippen LogP contribution in [-0.4, -0.2) is 20.1 Å². The standard InChI is InChI=1S/C9H7F4NO2/c1-14-9(15)3-4(10)6(12)8(16-2)7(13)5(3)11/h1-2H3,(H,14,15). The molecule has 0 bridgehead atoms. The number of halogens is 4. The Bertz CT molecular complexity index is 419. The number of nitrogens with one attached hydrogen (secondary N) is 1. The van der Waals surface area contributed by atoms with Gasteiger partial charge in [-0.25, -0.2) is 8.78 Å². The summed E-state index contributed by atoms with van der Waals surface area (Å²) in [6.45, 7) is 0. The fraction of sp³-hybridized carbons (Fsp3) is 0.222. The average molecular weight is 237 g/mol. The van der Waals surface area contributed by atoms with Gasteiger partial charge in [-0.1, -0.05) is 0 Å². The Labute approximate surface area is 88.0 Å². The van der Waals surface area contributed by atoms with Gasteiger partial charge in [0, 0.05) is 7.05 Å². The van der Waals surface area contributed by atoms with Crippen LogP contribution in [0.2, 0.25) is 0 Å². The quantitative estimate of drug-likeness (QED) is 0.626. The summed E-state index contributed by atoms with van der Waals surface area (Å²) in [6, 6.07) is 0. The van der Waals surface area contributed by atoms with E-state index in [9.17, 15) is 22.4 Å². The molecule has 0 saturated carbocycles. The second-order valence-corrected chi connectivity index (χ2v) is 2.74. The maximum absolute atomic E-state index is 13.2. The molecule has 1 amide bonds. The van der Waals surface area contributed by atoms with E-state index in [0.29, 0.717) is 0 Å². The molecule has 0 aromatic heterocycles. The summed E-state index contributed by atoms with van der Waals surface area (Å²) >= 11 is 0. The van der Waals surface area contributed by atoms with Crippen molar-refractivity contribution >= 4 is 5.91 Å². The Morgan fingerprint density at radius 3 is 1.81 bits per heavy atom. The maximum Gasteiger partial charge on any atom is 0.257 e. The van der Waals surface area contributed by atoms with E-state index in [4.69, 9.17) is 0 Å². The van der Waals surface area contributed by atoms with Crippen molar-refractivity contribution < 1.29 is 27.1 Å². The van der Waals surface area contributed by atoms with Gasteiger partial charge >= 0.3 is 0 Å². The zero-order chi connectivity index (χ0) is 12.5. The number of benzene rings is 1. The summed E-state index contributed by atoms with van der Waals surface area (Å²) in [4.78, 5) is 11.0. The third-order valence-electron chi connectivity index (χ3n) is 1.88. The van der Waals surface area contributed by atoms with Gasteiger partial charge in [0.25, 0.3) is 5.91 Å². The van der Waals surface area contributed by atoms with Crippen molar-refractivity contribution in [3.8, 4) is 5.75 Å². The molecule has 0 saturated heterocycles. The van der Waals surface area contributed by atoms with Crippen molar-refractivity contribution in [2.75, 3.05) is 14.2 Å². The second-order valence-electron chi connectivity index (χ2n) is 2.74. The Morgan fingerprint density at radius 1 is 1.06 bits per heavy atom. The first kappa shape index (κ1) is 12.3. The topological polar surface area (TPSA) is 38.3 Å². The fourth-order valence-electron chi connectivity index (χ4n) is 1.12. The molecule has 0 spiro atoms. The lowest BCUT2D eigenvalue weighted by molar-refractivity contribution is 0.0951. The van der Waals surface area contributed by atoms with E-state index in [1.165, 1.54) is 0 Å². The molecule has 3 nitrogen and oxygen atoms in total. The molecule has 16 heavy (non-hydrogen) atoms. The van der Waals surface area contributed by atoms with Gasteiger partial charge in [-0.05, 0) is 0 Å². The summed E-state index contributed by atoms with van der Waals surface area (Å²) in [6.07, 6.45) is 0. The van der Waals surface area contributed by atoms with Crippen LogP contribution in [0.25, 0.3) is 0 Å². The molecule has 0 heterocycles. The minimum absolute atomic E-state index is 0.847. The number of methoxy groups -OCH3 is 1. The monoisotopic (exact) mass is 237 g/mol. The molecular weight excluding hydrogens is 230 g/mol. The zero-order valence-corrected chi connectivity index (χ0v) is 8.33. The summed E-state index contributed by atoms with van der Waals surface area (Å²) in [5.41, 5.74) is -1.32. The molecule has 1 rings (SSSR count). The van der Waals surface area contributed by atoms with Gasteiger partial charge < -0.3 is 10.1 Å². The third-order valence-corrected chi connectivity index (χ3v) is 1.88. The highest BCUT2D eigenvalue weighted by atomic mass is 19.2. The van der Waals surface area contributed by atoms with Crippen molar-refractivity contribution in [1.82, 2.24) is 5.32 Å². The normalized spacial score (nSPS) is 10.1. The van der Waals surface area contributed by atoms with Gasteiger partial charge in [0.1, 0.15) is 5.56 Å². The first-order valence-electron chi connectivity index (χ1n) is 4.07. The van der Waals surface area contributed by atoms with Crippen LogP contribution in [0.4, 0.5) is 17.6 Å². The molecule has 0 aliphatic carbocycles.